The Labute approximate surface area is 164 Å². The van der Waals surface area contributed by atoms with Gasteiger partial charge in [0.2, 0.25) is 5.91 Å². The summed E-state index contributed by atoms with van der Waals surface area (Å²) in [5, 5.41) is 5.48. The fourth-order valence-corrected chi connectivity index (χ4v) is 3.24. The third-order valence-corrected chi connectivity index (χ3v) is 5.04. The van der Waals surface area contributed by atoms with Gasteiger partial charge in [-0.1, -0.05) is 55.8 Å². The summed E-state index contributed by atoms with van der Waals surface area (Å²) >= 11 is 0. The lowest BCUT2D eigenvalue weighted by Gasteiger charge is -2.22. The topological polar surface area (TPSA) is 78.5 Å². The van der Waals surface area contributed by atoms with Crippen LogP contribution >= 0.6 is 0 Å². The molecule has 6 heteroatoms. The van der Waals surface area contributed by atoms with Crippen molar-refractivity contribution in [1.29, 1.82) is 0 Å². The highest BCUT2D eigenvalue weighted by Crippen LogP contribution is 2.29. The highest BCUT2D eigenvalue weighted by Gasteiger charge is 2.49. The highest BCUT2D eigenvalue weighted by atomic mass is 16.2. The maximum atomic E-state index is 12.9. The lowest BCUT2D eigenvalue weighted by molar-refractivity contribution is -0.133. The van der Waals surface area contributed by atoms with Crippen LogP contribution in [0.1, 0.15) is 43.4 Å². The highest BCUT2D eigenvalue weighted by molar-refractivity contribution is 6.10. The quantitative estimate of drug-likeness (QED) is 0.780. The van der Waals surface area contributed by atoms with E-state index in [1.807, 2.05) is 49.4 Å². The zero-order valence-electron chi connectivity index (χ0n) is 16.6. The van der Waals surface area contributed by atoms with Gasteiger partial charge in [-0.05, 0) is 43.0 Å². The molecule has 4 amide bonds. The SMILES string of the molecule is Cc1ccc(C2(C)NC(=O)N(CC(=O)Nc3cccc(C(C)C)c3)C2=O)cc1. The number of anilines is 1. The Kier molecular flexibility index (Phi) is 5.23. The van der Waals surface area contributed by atoms with Gasteiger partial charge in [-0.3, -0.25) is 14.5 Å². The molecule has 1 aliphatic heterocycles. The van der Waals surface area contributed by atoms with Gasteiger partial charge in [0.15, 0.2) is 0 Å². The van der Waals surface area contributed by atoms with E-state index in [9.17, 15) is 14.4 Å². The summed E-state index contributed by atoms with van der Waals surface area (Å²) in [6, 6.07) is 14.4. The van der Waals surface area contributed by atoms with Crippen molar-refractivity contribution in [2.24, 2.45) is 0 Å². The molecule has 0 aliphatic carbocycles. The molecule has 6 nitrogen and oxygen atoms in total. The second-order valence-electron chi connectivity index (χ2n) is 7.64. The maximum absolute atomic E-state index is 12.9. The molecule has 0 radical (unpaired) electrons. The number of hydrogen-bond donors (Lipinski definition) is 2. The van der Waals surface area contributed by atoms with E-state index in [1.54, 1.807) is 13.0 Å². The zero-order valence-corrected chi connectivity index (χ0v) is 16.6. The molecule has 2 aromatic rings. The monoisotopic (exact) mass is 379 g/mol. The van der Waals surface area contributed by atoms with Gasteiger partial charge in [0.1, 0.15) is 12.1 Å². The summed E-state index contributed by atoms with van der Waals surface area (Å²) in [7, 11) is 0. The van der Waals surface area contributed by atoms with Gasteiger partial charge >= 0.3 is 6.03 Å². The molecule has 146 valence electrons. The molecular formula is C22H25N3O3. The third kappa shape index (κ3) is 3.76. The van der Waals surface area contributed by atoms with E-state index in [1.165, 1.54) is 0 Å². The van der Waals surface area contributed by atoms with Crippen LogP contribution in [0.25, 0.3) is 0 Å². The number of carbonyl (C=O) groups excluding carboxylic acids is 3. The van der Waals surface area contributed by atoms with Crippen LogP contribution in [0.5, 0.6) is 0 Å². The van der Waals surface area contributed by atoms with Crippen LogP contribution in [-0.2, 0) is 15.1 Å². The molecule has 2 aromatic carbocycles. The Hall–Kier alpha value is -3.15. The van der Waals surface area contributed by atoms with Gasteiger partial charge in [-0.15, -0.1) is 0 Å². The molecule has 3 rings (SSSR count). The van der Waals surface area contributed by atoms with E-state index in [4.69, 9.17) is 0 Å². The minimum absolute atomic E-state index is 0.331. The predicted octanol–water partition coefficient (Wildman–Crippen LogP) is 3.52. The molecule has 2 N–H and O–H groups in total. The summed E-state index contributed by atoms with van der Waals surface area (Å²) in [4.78, 5) is 38.7. The Balaban J connectivity index is 1.73. The zero-order chi connectivity index (χ0) is 20.5. The largest absolute Gasteiger partial charge is 0.325 e. The molecule has 28 heavy (non-hydrogen) atoms. The summed E-state index contributed by atoms with van der Waals surface area (Å²) in [6.45, 7) is 7.41. The first kappa shape index (κ1) is 19.6. The van der Waals surface area contributed by atoms with Crippen molar-refractivity contribution in [2.75, 3.05) is 11.9 Å². The van der Waals surface area contributed by atoms with Crippen molar-refractivity contribution in [1.82, 2.24) is 10.2 Å². The van der Waals surface area contributed by atoms with Crippen LogP contribution in [0, 0.1) is 6.92 Å². The molecule has 0 bridgehead atoms. The van der Waals surface area contributed by atoms with E-state index in [0.29, 0.717) is 17.2 Å². The van der Waals surface area contributed by atoms with Crippen LogP contribution < -0.4 is 10.6 Å². The third-order valence-electron chi connectivity index (χ3n) is 5.04. The summed E-state index contributed by atoms with van der Waals surface area (Å²) in [6.07, 6.45) is 0. The molecule has 1 unspecified atom stereocenters. The lowest BCUT2D eigenvalue weighted by Crippen LogP contribution is -2.42. The van der Waals surface area contributed by atoms with Crippen LogP contribution in [0.4, 0.5) is 10.5 Å². The molecule has 1 atom stereocenters. The second-order valence-corrected chi connectivity index (χ2v) is 7.64. The van der Waals surface area contributed by atoms with Crippen molar-refractivity contribution in [2.45, 2.75) is 39.2 Å². The number of nitrogens with one attached hydrogen (secondary N) is 2. The number of nitrogens with zero attached hydrogens (tertiary/aromatic N) is 1. The Morgan fingerprint density at radius 1 is 1.14 bits per heavy atom. The molecule has 1 saturated heterocycles. The van der Waals surface area contributed by atoms with Crippen molar-refractivity contribution in [3.8, 4) is 0 Å². The van der Waals surface area contributed by atoms with Crippen LogP contribution in [0.2, 0.25) is 0 Å². The van der Waals surface area contributed by atoms with Crippen molar-refractivity contribution >= 4 is 23.5 Å². The standard InChI is InChI=1S/C22H25N3O3/c1-14(2)16-6-5-7-18(12-16)23-19(26)13-25-20(27)22(4,24-21(25)28)17-10-8-15(3)9-11-17/h5-12,14H,13H2,1-4H3,(H,23,26)(H,24,28). The minimum atomic E-state index is -1.18. The van der Waals surface area contributed by atoms with Crippen molar-refractivity contribution in [3.05, 3.63) is 65.2 Å². The fraction of sp³-hybridized carbons (Fsp3) is 0.318. The molecule has 0 saturated carbocycles. The van der Waals surface area contributed by atoms with E-state index >= 15 is 0 Å². The Morgan fingerprint density at radius 2 is 1.82 bits per heavy atom. The first-order valence-corrected chi connectivity index (χ1v) is 9.32. The number of benzene rings is 2. The van der Waals surface area contributed by atoms with E-state index < -0.39 is 23.4 Å². The summed E-state index contributed by atoms with van der Waals surface area (Å²) in [5.41, 5.74) is 2.31. The average Bonchev–Trinajstić information content (AvgIpc) is 2.86. The predicted molar refractivity (Wildman–Crippen MR) is 108 cm³/mol. The van der Waals surface area contributed by atoms with Gasteiger partial charge in [0, 0.05) is 5.69 Å². The summed E-state index contributed by atoms with van der Waals surface area (Å²) < 4.78 is 0. The number of urea groups is 1. The summed E-state index contributed by atoms with van der Waals surface area (Å²) in [5.74, 6) is -0.525. The van der Waals surface area contributed by atoms with Crippen LogP contribution in [0.15, 0.2) is 48.5 Å². The van der Waals surface area contributed by atoms with E-state index in [-0.39, 0.29) is 6.54 Å². The van der Waals surface area contributed by atoms with Crippen molar-refractivity contribution < 1.29 is 14.4 Å². The molecular weight excluding hydrogens is 354 g/mol. The van der Waals surface area contributed by atoms with Crippen LogP contribution in [0.3, 0.4) is 0 Å². The van der Waals surface area contributed by atoms with Gasteiger partial charge < -0.3 is 10.6 Å². The molecule has 1 aliphatic rings. The Morgan fingerprint density at radius 3 is 2.46 bits per heavy atom. The number of imide groups is 1. The lowest BCUT2D eigenvalue weighted by atomic mass is 9.91. The first-order chi connectivity index (χ1) is 13.2. The number of hydrogen-bond acceptors (Lipinski definition) is 3. The fourth-order valence-electron chi connectivity index (χ4n) is 3.24. The van der Waals surface area contributed by atoms with Gasteiger partial charge in [-0.25, -0.2) is 4.79 Å². The van der Waals surface area contributed by atoms with E-state index in [0.717, 1.165) is 16.0 Å². The number of aryl methyl sites for hydroxylation is 1. The maximum Gasteiger partial charge on any atom is 0.325 e. The molecule has 1 fully saturated rings. The average molecular weight is 379 g/mol. The van der Waals surface area contributed by atoms with E-state index in [2.05, 4.69) is 24.5 Å². The first-order valence-electron chi connectivity index (χ1n) is 9.32. The smallest absolute Gasteiger partial charge is 0.325 e. The minimum Gasteiger partial charge on any atom is -0.325 e. The molecule has 0 aromatic heterocycles. The van der Waals surface area contributed by atoms with Crippen molar-refractivity contribution in [3.63, 3.8) is 0 Å². The molecule has 1 heterocycles. The number of carbonyl (C=O) groups is 3. The van der Waals surface area contributed by atoms with Gasteiger partial charge in [0.05, 0.1) is 0 Å². The second kappa shape index (κ2) is 7.46. The Bertz CT molecular complexity index is 921. The van der Waals surface area contributed by atoms with Crippen LogP contribution in [-0.4, -0.2) is 29.3 Å². The number of rotatable bonds is 5. The normalized spacial score (nSPS) is 19.1. The number of amides is 4. The van der Waals surface area contributed by atoms with Gasteiger partial charge in [0.25, 0.3) is 5.91 Å². The molecule has 0 spiro atoms. The van der Waals surface area contributed by atoms with Gasteiger partial charge in [-0.2, -0.15) is 0 Å².